The van der Waals surface area contributed by atoms with Crippen molar-refractivity contribution in [3.63, 3.8) is 0 Å². The maximum atomic E-state index is 6.25. The zero-order valence-electron chi connectivity index (χ0n) is 14.7. The molecule has 0 bridgehead atoms. The Morgan fingerprint density at radius 1 is 1.08 bits per heavy atom. The number of hydrogen-bond donors (Lipinski definition) is 0. The van der Waals surface area contributed by atoms with Crippen LogP contribution in [0.4, 0.5) is 0 Å². The molecular formula is C21H26ClNO2. The van der Waals surface area contributed by atoms with Gasteiger partial charge in [0.1, 0.15) is 18.1 Å². The van der Waals surface area contributed by atoms with Crippen molar-refractivity contribution in [1.29, 1.82) is 0 Å². The average molecular weight is 360 g/mol. The summed E-state index contributed by atoms with van der Waals surface area (Å²) < 4.78 is 12.3. The molecular weight excluding hydrogens is 334 g/mol. The monoisotopic (exact) mass is 359 g/mol. The van der Waals surface area contributed by atoms with Gasteiger partial charge in [0.05, 0.1) is 5.02 Å². The third-order valence-electron chi connectivity index (χ3n) is 4.68. The van der Waals surface area contributed by atoms with E-state index in [-0.39, 0.29) is 6.23 Å². The van der Waals surface area contributed by atoms with Gasteiger partial charge < -0.3 is 9.47 Å². The van der Waals surface area contributed by atoms with Crippen LogP contribution in [0.3, 0.4) is 0 Å². The molecule has 2 aromatic rings. The first kappa shape index (κ1) is 18.1. The van der Waals surface area contributed by atoms with Crippen molar-refractivity contribution in [1.82, 2.24) is 4.90 Å². The van der Waals surface area contributed by atoms with Crippen LogP contribution in [0.5, 0.6) is 11.5 Å². The minimum Gasteiger partial charge on any atom is -0.490 e. The Bertz CT molecular complexity index is 649. The van der Waals surface area contributed by atoms with Crippen molar-refractivity contribution in [2.45, 2.75) is 44.9 Å². The Labute approximate surface area is 155 Å². The molecule has 1 fully saturated rings. The molecule has 0 N–H and O–H groups in total. The number of ether oxygens (including phenoxy) is 2. The summed E-state index contributed by atoms with van der Waals surface area (Å²) in [4.78, 5) is 2.45. The zero-order chi connectivity index (χ0) is 17.5. The van der Waals surface area contributed by atoms with E-state index in [2.05, 4.69) is 11.8 Å². The van der Waals surface area contributed by atoms with E-state index in [0.29, 0.717) is 17.7 Å². The Hall–Kier alpha value is -1.71. The van der Waals surface area contributed by atoms with Gasteiger partial charge in [0, 0.05) is 12.6 Å². The van der Waals surface area contributed by atoms with Crippen molar-refractivity contribution in [2.75, 3.05) is 13.2 Å². The van der Waals surface area contributed by atoms with E-state index in [1.807, 2.05) is 54.6 Å². The normalized spacial score (nSPS) is 19.4. The topological polar surface area (TPSA) is 21.7 Å². The SMILES string of the molecule is CCC(Oc1ccccc1)N1CCCCC1COc1ccccc1Cl. The molecule has 4 heteroatoms. The lowest BCUT2D eigenvalue weighted by atomic mass is 10.0. The van der Waals surface area contributed by atoms with Crippen LogP contribution in [0.1, 0.15) is 32.6 Å². The molecule has 1 aliphatic rings. The highest BCUT2D eigenvalue weighted by atomic mass is 35.5. The lowest BCUT2D eigenvalue weighted by Crippen LogP contribution is -2.51. The number of hydrogen-bond acceptors (Lipinski definition) is 3. The predicted octanol–water partition coefficient (Wildman–Crippen LogP) is 5.39. The molecule has 1 heterocycles. The second-order valence-electron chi connectivity index (χ2n) is 6.42. The number of para-hydroxylation sites is 2. The number of halogens is 1. The molecule has 2 aromatic carbocycles. The third kappa shape index (κ3) is 4.90. The number of likely N-dealkylation sites (tertiary alicyclic amines) is 1. The van der Waals surface area contributed by atoms with Crippen LogP contribution in [0.25, 0.3) is 0 Å². The van der Waals surface area contributed by atoms with Gasteiger partial charge in [0.15, 0.2) is 6.23 Å². The van der Waals surface area contributed by atoms with Crippen LogP contribution < -0.4 is 9.47 Å². The fourth-order valence-electron chi connectivity index (χ4n) is 3.37. The molecule has 134 valence electrons. The van der Waals surface area contributed by atoms with E-state index in [1.54, 1.807) is 0 Å². The van der Waals surface area contributed by atoms with Crippen molar-refractivity contribution >= 4 is 11.6 Å². The first-order chi connectivity index (χ1) is 12.3. The molecule has 2 unspecified atom stereocenters. The largest absolute Gasteiger partial charge is 0.490 e. The smallest absolute Gasteiger partial charge is 0.152 e. The van der Waals surface area contributed by atoms with E-state index < -0.39 is 0 Å². The Morgan fingerprint density at radius 3 is 2.60 bits per heavy atom. The molecule has 0 amide bonds. The highest BCUT2D eigenvalue weighted by Crippen LogP contribution is 2.27. The summed E-state index contributed by atoms with van der Waals surface area (Å²) in [5.41, 5.74) is 0. The minimum atomic E-state index is 0.0718. The molecule has 0 spiro atoms. The lowest BCUT2D eigenvalue weighted by molar-refractivity contribution is -0.0374. The molecule has 25 heavy (non-hydrogen) atoms. The molecule has 0 radical (unpaired) electrons. The van der Waals surface area contributed by atoms with Gasteiger partial charge in [-0.3, -0.25) is 4.90 Å². The highest BCUT2D eigenvalue weighted by molar-refractivity contribution is 6.32. The summed E-state index contributed by atoms with van der Waals surface area (Å²) in [7, 11) is 0. The summed E-state index contributed by atoms with van der Waals surface area (Å²) in [5.74, 6) is 1.68. The van der Waals surface area contributed by atoms with Crippen molar-refractivity contribution in [3.8, 4) is 11.5 Å². The van der Waals surface area contributed by atoms with Crippen LogP contribution in [0.15, 0.2) is 54.6 Å². The van der Waals surface area contributed by atoms with Crippen LogP contribution >= 0.6 is 11.6 Å². The van der Waals surface area contributed by atoms with Gasteiger partial charge in [-0.25, -0.2) is 0 Å². The van der Waals surface area contributed by atoms with E-state index in [9.17, 15) is 0 Å². The first-order valence-corrected chi connectivity index (χ1v) is 9.50. The summed E-state index contributed by atoms with van der Waals surface area (Å²) in [6.45, 7) is 3.86. The minimum absolute atomic E-state index is 0.0718. The molecule has 0 aromatic heterocycles. The van der Waals surface area contributed by atoms with Crippen molar-refractivity contribution < 1.29 is 9.47 Å². The number of benzene rings is 2. The molecule has 0 aliphatic carbocycles. The maximum Gasteiger partial charge on any atom is 0.152 e. The van der Waals surface area contributed by atoms with Crippen LogP contribution in [0.2, 0.25) is 5.02 Å². The summed E-state index contributed by atoms with van der Waals surface area (Å²) >= 11 is 6.21. The second-order valence-corrected chi connectivity index (χ2v) is 6.83. The molecule has 3 nitrogen and oxygen atoms in total. The van der Waals surface area contributed by atoms with Crippen LogP contribution in [-0.2, 0) is 0 Å². The highest BCUT2D eigenvalue weighted by Gasteiger charge is 2.29. The lowest BCUT2D eigenvalue weighted by Gasteiger charge is -2.40. The molecule has 1 saturated heterocycles. The van der Waals surface area contributed by atoms with Gasteiger partial charge in [0.2, 0.25) is 0 Å². The van der Waals surface area contributed by atoms with E-state index in [4.69, 9.17) is 21.1 Å². The van der Waals surface area contributed by atoms with Crippen molar-refractivity contribution in [3.05, 3.63) is 59.6 Å². The first-order valence-electron chi connectivity index (χ1n) is 9.12. The molecule has 2 atom stereocenters. The van der Waals surface area contributed by atoms with Gasteiger partial charge in [-0.15, -0.1) is 0 Å². The third-order valence-corrected chi connectivity index (χ3v) is 4.99. The van der Waals surface area contributed by atoms with Gasteiger partial charge in [0.25, 0.3) is 0 Å². The summed E-state index contributed by atoms with van der Waals surface area (Å²) in [5, 5.41) is 0.664. The van der Waals surface area contributed by atoms with Crippen molar-refractivity contribution in [2.24, 2.45) is 0 Å². The summed E-state index contributed by atoms with van der Waals surface area (Å²) in [6, 6.07) is 18.1. The standard InChI is InChI=1S/C21H26ClNO2/c1-2-21(25-18-11-4-3-5-12-18)23-15-9-8-10-17(23)16-24-20-14-7-6-13-19(20)22/h3-7,11-14,17,21H,2,8-10,15-16H2,1H3. The summed E-state index contributed by atoms with van der Waals surface area (Å²) in [6.07, 6.45) is 4.57. The number of rotatable bonds is 7. The quantitative estimate of drug-likeness (QED) is 0.661. The second kappa shape index (κ2) is 9.12. The maximum absolute atomic E-state index is 6.25. The van der Waals surface area contributed by atoms with E-state index in [1.165, 1.54) is 12.8 Å². The van der Waals surface area contributed by atoms with E-state index >= 15 is 0 Å². The Kier molecular flexibility index (Phi) is 6.60. The molecule has 0 saturated carbocycles. The van der Waals surface area contributed by atoms with Gasteiger partial charge in [-0.05, 0) is 43.5 Å². The fraction of sp³-hybridized carbons (Fsp3) is 0.429. The average Bonchev–Trinajstić information content (AvgIpc) is 2.67. The Balaban J connectivity index is 1.65. The van der Waals surface area contributed by atoms with Gasteiger partial charge in [-0.2, -0.15) is 0 Å². The van der Waals surface area contributed by atoms with E-state index in [0.717, 1.165) is 30.9 Å². The zero-order valence-corrected chi connectivity index (χ0v) is 15.5. The Morgan fingerprint density at radius 2 is 1.84 bits per heavy atom. The molecule has 3 rings (SSSR count). The predicted molar refractivity (Wildman–Crippen MR) is 102 cm³/mol. The molecule has 1 aliphatic heterocycles. The number of piperidine rings is 1. The van der Waals surface area contributed by atoms with Crippen LogP contribution in [-0.4, -0.2) is 30.3 Å². The van der Waals surface area contributed by atoms with Crippen LogP contribution in [0, 0.1) is 0 Å². The van der Waals surface area contributed by atoms with Gasteiger partial charge >= 0.3 is 0 Å². The van der Waals surface area contributed by atoms with Gasteiger partial charge in [-0.1, -0.05) is 55.3 Å². The number of nitrogens with zero attached hydrogens (tertiary/aromatic N) is 1. The fourth-order valence-corrected chi connectivity index (χ4v) is 3.56.